The summed E-state index contributed by atoms with van der Waals surface area (Å²) in [4.78, 5) is 19.2. The summed E-state index contributed by atoms with van der Waals surface area (Å²) >= 11 is 0. The maximum absolute atomic E-state index is 12.6. The van der Waals surface area contributed by atoms with Crippen LogP contribution < -0.4 is 9.64 Å². The van der Waals surface area contributed by atoms with Gasteiger partial charge in [-0.25, -0.2) is 4.98 Å². The number of hydrogen-bond donors (Lipinski definition) is 0. The number of carbonyl (C=O) groups excluding carboxylic acids is 1. The van der Waals surface area contributed by atoms with E-state index in [2.05, 4.69) is 5.92 Å². The first kappa shape index (κ1) is 16.2. The molecule has 5 heteroatoms. The van der Waals surface area contributed by atoms with Gasteiger partial charge in [-0.15, -0.1) is 6.42 Å². The lowest BCUT2D eigenvalue weighted by Gasteiger charge is -2.17. The van der Waals surface area contributed by atoms with Gasteiger partial charge in [0.2, 0.25) is 5.91 Å². The summed E-state index contributed by atoms with van der Waals surface area (Å²) in [6.07, 6.45) is 5.99. The zero-order valence-electron chi connectivity index (χ0n) is 14.6. The summed E-state index contributed by atoms with van der Waals surface area (Å²) in [5, 5.41) is 0. The third kappa shape index (κ3) is 2.70. The van der Waals surface area contributed by atoms with E-state index in [1.807, 2.05) is 58.0 Å². The summed E-state index contributed by atoms with van der Waals surface area (Å²) in [6, 6.07) is 15.5. The quantitative estimate of drug-likeness (QED) is 0.682. The first-order chi connectivity index (χ1) is 12.7. The Hall–Kier alpha value is -3.26. The van der Waals surface area contributed by atoms with Gasteiger partial charge in [0, 0.05) is 24.6 Å². The van der Waals surface area contributed by atoms with Crippen LogP contribution >= 0.6 is 0 Å². The van der Waals surface area contributed by atoms with Crippen LogP contribution in [0.25, 0.3) is 11.0 Å². The third-order valence-electron chi connectivity index (χ3n) is 4.81. The lowest BCUT2D eigenvalue weighted by molar-refractivity contribution is -0.117. The van der Waals surface area contributed by atoms with Gasteiger partial charge in [-0.1, -0.05) is 18.1 Å². The van der Waals surface area contributed by atoms with Crippen molar-refractivity contribution in [3.05, 3.63) is 54.4 Å². The maximum atomic E-state index is 12.6. The van der Waals surface area contributed by atoms with E-state index in [0.717, 1.165) is 28.3 Å². The van der Waals surface area contributed by atoms with Crippen molar-refractivity contribution in [3.63, 3.8) is 0 Å². The number of terminal acetylenes is 1. The molecule has 1 aromatic heterocycles. The van der Waals surface area contributed by atoms with Gasteiger partial charge in [-0.3, -0.25) is 4.79 Å². The molecule has 0 aliphatic carbocycles. The minimum Gasteiger partial charge on any atom is -0.497 e. The Labute approximate surface area is 152 Å². The second-order valence-electron chi connectivity index (χ2n) is 6.35. The fourth-order valence-corrected chi connectivity index (χ4v) is 3.56. The molecule has 3 aromatic rings. The van der Waals surface area contributed by atoms with Gasteiger partial charge in [-0.05, 0) is 36.4 Å². The van der Waals surface area contributed by atoms with E-state index >= 15 is 0 Å². The molecular formula is C21H19N3O2. The van der Waals surface area contributed by atoms with E-state index in [9.17, 15) is 4.79 Å². The molecule has 1 fully saturated rings. The number of fused-ring (bicyclic) bond motifs is 1. The van der Waals surface area contributed by atoms with Gasteiger partial charge in [0.05, 0.1) is 24.7 Å². The first-order valence-electron chi connectivity index (χ1n) is 8.54. The van der Waals surface area contributed by atoms with Gasteiger partial charge in [-0.2, -0.15) is 0 Å². The van der Waals surface area contributed by atoms with E-state index in [1.54, 1.807) is 7.11 Å². The topological polar surface area (TPSA) is 47.4 Å². The van der Waals surface area contributed by atoms with Gasteiger partial charge in [0.25, 0.3) is 0 Å². The number of nitrogens with zero attached hydrogens (tertiary/aromatic N) is 3. The highest BCUT2D eigenvalue weighted by Crippen LogP contribution is 2.33. The minimum absolute atomic E-state index is 0.0188. The van der Waals surface area contributed by atoms with E-state index in [1.165, 1.54) is 0 Å². The van der Waals surface area contributed by atoms with Crippen molar-refractivity contribution in [2.45, 2.75) is 18.9 Å². The monoisotopic (exact) mass is 345 g/mol. The molecule has 0 radical (unpaired) electrons. The van der Waals surface area contributed by atoms with Crippen molar-refractivity contribution in [2.24, 2.45) is 0 Å². The van der Waals surface area contributed by atoms with Crippen molar-refractivity contribution in [3.8, 4) is 18.1 Å². The number of para-hydroxylation sites is 2. The standard InChI is InChI=1S/C21H19N3O2/c1-3-12-23-19-7-5-4-6-18(19)22-21(23)15-13-20(25)24(14-15)16-8-10-17(26-2)11-9-16/h1,4-11,15H,12-14H2,2H3/t15-/m1/s1. The Kier molecular flexibility index (Phi) is 4.10. The average molecular weight is 345 g/mol. The highest BCUT2D eigenvalue weighted by Gasteiger charge is 2.34. The number of anilines is 1. The van der Waals surface area contributed by atoms with Crippen molar-refractivity contribution in [2.75, 3.05) is 18.6 Å². The lowest BCUT2D eigenvalue weighted by atomic mass is 10.1. The molecule has 1 atom stereocenters. The number of hydrogen-bond acceptors (Lipinski definition) is 3. The number of aromatic nitrogens is 2. The Bertz CT molecular complexity index is 998. The van der Waals surface area contributed by atoms with Crippen LogP contribution in [0.4, 0.5) is 5.69 Å². The number of carbonyl (C=O) groups is 1. The molecule has 1 amide bonds. The smallest absolute Gasteiger partial charge is 0.227 e. The van der Waals surface area contributed by atoms with Crippen LogP contribution in [0.1, 0.15) is 18.2 Å². The van der Waals surface area contributed by atoms with Crippen LogP contribution in [0.15, 0.2) is 48.5 Å². The van der Waals surface area contributed by atoms with Crippen LogP contribution in [0.3, 0.4) is 0 Å². The number of imidazole rings is 1. The molecule has 2 aromatic carbocycles. The summed E-state index contributed by atoms with van der Waals surface area (Å²) in [5.74, 6) is 4.47. The molecular weight excluding hydrogens is 326 g/mol. The van der Waals surface area contributed by atoms with Gasteiger partial charge in [0.1, 0.15) is 11.6 Å². The fourth-order valence-electron chi connectivity index (χ4n) is 3.56. The molecule has 0 bridgehead atoms. The third-order valence-corrected chi connectivity index (χ3v) is 4.81. The van der Waals surface area contributed by atoms with Gasteiger partial charge < -0.3 is 14.2 Å². The number of methoxy groups -OCH3 is 1. The molecule has 0 unspecified atom stereocenters. The molecule has 5 nitrogen and oxygen atoms in total. The summed E-state index contributed by atoms with van der Waals surface area (Å²) in [6.45, 7) is 1.04. The highest BCUT2D eigenvalue weighted by atomic mass is 16.5. The number of rotatable bonds is 4. The van der Waals surface area contributed by atoms with Crippen molar-refractivity contribution in [1.29, 1.82) is 0 Å². The molecule has 1 aliphatic heterocycles. The van der Waals surface area contributed by atoms with Crippen LogP contribution in [0.5, 0.6) is 5.75 Å². The van der Waals surface area contributed by atoms with Crippen molar-refractivity contribution in [1.82, 2.24) is 9.55 Å². The van der Waals surface area contributed by atoms with Gasteiger partial charge in [0.15, 0.2) is 0 Å². The van der Waals surface area contributed by atoms with E-state index in [-0.39, 0.29) is 11.8 Å². The number of benzene rings is 2. The average Bonchev–Trinajstić information content (AvgIpc) is 3.23. The summed E-state index contributed by atoms with van der Waals surface area (Å²) < 4.78 is 7.24. The summed E-state index contributed by atoms with van der Waals surface area (Å²) in [5.41, 5.74) is 2.79. The molecule has 2 heterocycles. The largest absolute Gasteiger partial charge is 0.497 e. The second kappa shape index (κ2) is 6.57. The summed E-state index contributed by atoms with van der Waals surface area (Å²) in [7, 11) is 1.63. The molecule has 0 spiro atoms. The first-order valence-corrected chi connectivity index (χ1v) is 8.54. The van der Waals surface area contributed by atoms with Crippen molar-refractivity contribution >= 4 is 22.6 Å². The lowest BCUT2D eigenvalue weighted by Crippen LogP contribution is -2.24. The number of amides is 1. The predicted octanol–water partition coefficient (Wildman–Crippen LogP) is 3.20. The maximum Gasteiger partial charge on any atom is 0.227 e. The predicted molar refractivity (Wildman–Crippen MR) is 101 cm³/mol. The molecule has 130 valence electrons. The highest BCUT2D eigenvalue weighted by molar-refractivity contribution is 5.96. The Balaban J connectivity index is 1.67. The fraction of sp³-hybridized carbons (Fsp3) is 0.238. The van der Waals surface area contributed by atoms with Crippen LogP contribution in [0, 0.1) is 12.3 Å². The second-order valence-corrected chi connectivity index (χ2v) is 6.35. The van der Waals surface area contributed by atoms with Crippen LogP contribution in [0.2, 0.25) is 0 Å². The number of ether oxygens (including phenoxy) is 1. The minimum atomic E-state index is 0.0188. The van der Waals surface area contributed by atoms with E-state index < -0.39 is 0 Å². The van der Waals surface area contributed by atoms with Crippen LogP contribution in [-0.2, 0) is 11.3 Å². The Morgan fingerprint density at radius 3 is 2.73 bits per heavy atom. The van der Waals surface area contributed by atoms with Crippen LogP contribution in [-0.4, -0.2) is 29.1 Å². The SMILES string of the molecule is C#CCn1c([C@@H]2CC(=O)N(c3ccc(OC)cc3)C2)nc2ccccc21. The molecule has 0 N–H and O–H groups in total. The van der Waals surface area contributed by atoms with Crippen molar-refractivity contribution < 1.29 is 9.53 Å². The Morgan fingerprint density at radius 2 is 2.00 bits per heavy atom. The normalized spacial score (nSPS) is 16.8. The van der Waals surface area contributed by atoms with Gasteiger partial charge >= 0.3 is 0 Å². The zero-order valence-corrected chi connectivity index (χ0v) is 14.6. The van der Waals surface area contributed by atoms with E-state index in [4.69, 9.17) is 16.1 Å². The molecule has 1 saturated heterocycles. The molecule has 4 rings (SSSR count). The van der Waals surface area contributed by atoms with E-state index in [0.29, 0.717) is 19.5 Å². The Morgan fingerprint density at radius 1 is 1.23 bits per heavy atom. The molecule has 26 heavy (non-hydrogen) atoms. The molecule has 0 saturated carbocycles. The molecule has 1 aliphatic rings. The zero-order chi connectivity index (χ0) is 18.1.